The Labute approximate surface area is 147 Å². The van der Waals surface area contributed by atoms with Crippen LogP contribution in [0.3, 0.4) is 0 Å². The normalized spacial score (nSPS) is 22.4. The standard InChI is InChI=1S/C17H34N4O2S/c1-18-16(19-12-8-13-20-24(2,22)23)21-14-7-11-17(15-21)9-5-3-4-6-10-17/h20H,3-15H2,1-2H3,(H,18,19). The lowest BCUT2D eigenvalue weighted by Crippen LogP contribution is -2.50. The maximum absolute atomic E-state index is 11.1. The summed E-state index contributed by atoms with van der Waals surface area (Å²) >= 11 is 0. The van der Waals surface area contributed by atoms with Crippen LogP contribution < -0.4 is 10.0 Å². The summed E-state index contributed by atoms with van der Waals surface area (Å²) in [5.41, 5.74) is 0.490. The van der Waals surface area contributed by atoms with Gasteiger partial charge in [-0.2, -0.15) is 0 Å². The number of guanidine groups is 1. The van der Waals surface area contributed by atoms with Crippen LogP contribution in [0.25, 0.3) is 0 Å². The molecule has 2 fully saturated rings. The third-order valence-corrected chi connectivity index (χ3v) is 6.07. The quantitative estimate of drug-likeness (QED) is 0.447. The maximum atomic E-state index is 11.1. The molecule has 24 heavy (non-hydrogen) atoms. The molecule has 0 atom stereocenters. The van der Waals surface area contributed by atoms with Gasteiger partial charge in [-0.1, -0.05) is 25.7 Å². The molecule has 7 heteroatoms. The van der Waals surface area contributed by atoms with E-state index in [4.69, 9.17) is 0 Å². The summed E-state index contributed by atoms with van der Waals surface area (Å²) in [6.07, 6.45) is 12.8. The summed E-state index contributed by atoms with van der Waals surface area (Å²) in [5, 5.41) is 3.40. The molecule has 6 nitrogen and oxygen atoms in total. The molecule has 0 aromatic rings. The van der Waals surface area contributed by atoms with E-state index in [1.54, 1.807) is 0 Å². The van der Waals surface area contributed by atoms with Gasteiger partial charge in [0, 0.05) is 33.2 Å². The van der Waals surface area contributed by atoms with Gasteiger partial charge in [0.05, 0.1) is 6.26 Å². The van der Waals surface area contributed by atoms with E-state index in [1.165, 1.54) is 57.6 Å². The molecule has 1 aliphatic carbocycles. The topological polar surface area (TPSA) is 73.8 Å². The molecule has 0 bridgehead atoms. The minimum atomic E-state index is -3.09. The first kappa shape index (κ1) is 19.5. The molecule has 0 aromatic carbocycles. The number of hydrogen-bond donors (Lipinski definition) is 2. The molecule has 1 saturated carbocycles. The van der Waals surface area contributed by atoms with E-state index in [-0.39, 0.29) is 0 Å². The highest BCUT2D eigenvalue weighted by Crippen LogP contribution is 2.42. The summed E-state index contributed by atoms with van der Waals surface area (Å²) < 4.78 is 24.7. The fraction of sp³-hybridized carbons (Fsp3) is 0.941. The van der Waals surface area contributed by atoms with Crippen molar-refractivity contribution in [1.29, 1.82) is 0 Å². The van der Waals surface area contributed by atoms with E-state index >= 15 is 0 Å². The van der Waals surface area contributed by atoms with Gasteiger partial charge >= 0.3 is 0 Å². The van der Waals surface area contributed by atoms with Crippen molar-refractivity contribution >= 4 is 16.0 Å². The van der Waals surface area contributed by atoms with Gasteiger partial charge < -0.3 is 10.2 Å². The van der Waals surface area contributed by atoms with Crippen molar-refractivity contribution in [2.45, 2.75) is 57.8 Å². The zero-order valence-electron chi connectivity index (χ0n) is 15.3. The summed E-state index contributed by atoms with van der Waals surface area (Å²) in [5.74, 6) is 0.970. The Morgan fingerprint density at radius 3 is 2.38 bits per heavy atom. The molecule has 1 heterocycles. The van der Waals surface area contributed by atoms with Crippen molar-refractivity contribution in [2.75, 3.05) is 39.5 Å². The van der Waals surface area contributed by atoms with Gasteiger partial charge in [0.2, 0.25) is 10.0 Å². The molecule has 1 saturated heterocycles. The highest BCUT2D eigenvalue weighted by molar-refractivity contribution is 7.88. The van der Waals surface area contributed by atoms with Gasteiger partial charge in [-0.25, -0.2) is 13.1 Å². The Morgan fingerprint density at radius 2 is 1.75 bits per heavy atom. The molecule has 0 radical (unpaired) electrons. The molecule has 1 spiro atoms. The van der Waals surface area contributed by atoms with E-state index < -0.39 is 10.0 Å². The van der Waals surface area contributed by atoms with Crippen LogP contribution in [0.5, 0.6) is 0 Å². The van der Waals surface area contributed by atoms with E-state index in [0.29, 0.717) is 12.0 Å². The van der Waals surface area contributed by atoms with Crippen LogP contribution in [0, 0.1) is 5.41 Å². The van der Waals surface area contributed by atoms with Crippen molar-refractivity contribution in [3.63, 3.8) is 0 Å². The number of piperidine rings is 1. The Kier molecular flexibility index (Phi) is 7.34. The molecule has 140 valence electrons. The molecule has 0 unspecified atom stereocenters. The second-order valence-corrected chi connectivity index (χ2v) is 9.27. The first-order valence-electron chi connectivity index (χ1n) is 9.34. The summed E-state index contributed by atoms with van der Waals surface area (Å²) in [7, 11) is -1.25. The van der Waals surface area contributed by atoms with Gasteiger partial charge in [0.1, 0.15) is 0 Å². The van der Waals surface area contributed by atoms with Crippen molar-refractivity contribution in [1.82, 2.24) is 14.9 Å². The lowest BCUT2D eigenvalue weighted by atomic mass is 9.74. The van der Waals surface area contributed by atoms with Gasteiger partial charge in [-0.05, 0) is 37.5 Å². The third kappa shape index (κ3) is 6.24. The maximum Gasteiger partial charge on any atom is 0.208 e. The third-order valence-electron chi connectivity index (χ3n) is 5.34. The van der Waals surface area contributed by atoms with Gasteiger partial charge in [-0.15, -0.1) is 0 Å². The molecule has 0 aromatic heterocycles. The lowest BCUT2D eigenvalue weighted by molar-refractivity contribution is 0.115. The Balaban J connectivity index is 1.81. The Hall–Kier alpha value is -0.820. The Bertz CT molecular complexity index is 511. The number of nitrogens with one attached hydrogen (secondary N) is 2. The van der Waals surface area contributed by atoms with Crippen LogP contribution in [-0.2, 0) is 10.0 Å². The van der Waals surface area contributed by atoms with Crippen molar-refractivity contribution in [3.8, 4) is 0 Å². The number of likely N-dealkylation sites (tertiary alicyclic amines) is 1. The second kappa shape index (κ2) is 9.04. The van der Waals surface area contributed by atoms with Crippen molar-refractivity contribution < 1.29 is 8.42 Å². The number of rotatable bonds is 5. The minimum absolute atomic E-state index is 0.465. The smallest absolute Gasteiger partial charge is 0.208 e. The number of aliphatic imine (C=N–C) groups is 1. The van der Waals surface area contributed by atoms with E-state index in [0.717, 1.165) is 32.0 Å². The zero-order valence-corrected chi connectivity index (χ0v) is 16.1. The van der Waals surface area contributed by atoms with Crippen molar-refractivity contribution in [3.05, 3.63) is 0 Å². The molecule has 2 aliphatic rings. The predicted molar refractivity (Wildman–Crippen MR) is 99.8 cm³/mol. The first-order chi connectivity index (χ1) is 11.4. The van der Waals surface area contributed by atoms with Crippen LogP contribution in [-0.4, -0.2) is 58.8 Å². The average molecular weight is 359 g/mol. The predicted octanol–water partition coefficient (Wildman–Crippen LogP) is 1.94. The van der Waals surface area contributed by atoms with Gasteiger partial charge in [0.25, 0.3) is 0 Å². The van der Waals surface area contributed by atoms with Gasteiger partial charge in [-0.3, -0.25) is 4.99 Å². The molecular formula is C17H34N4O2S. The average Bonchev–Trinajstić information content (AvgIpc) is 2.75. The highest BCUT2D eigenvalue weighted by Gasteiger charge is 2.36. The van der Waals surface area contributed by atoms with Crippen LogP contribution in [0.1, 0.15) is 57.8 Å². The molecule has 0 amide bonds. The fourth-order valence-electron chi connectivity index (χ4n) is 4.15. The van der Waals surface area contributed by atoms with Crippen molar-refractivity contribution in [2.24, 2.45) is 10.4 Å². The monoisotopic (exact) mass is 358 g/mol. The van der Waals surface area contributed by atoms with Crippen LogP contribution >= 0.6 is 0 Å². The van der Waals surface area contributed by atoms with Crippen LogP contribution in [0.4, 0.5) is 0 Å². The van der Waals surface area contributed by atoms with Gasteiger partial charge in [0.15, 0.2) is 5.96 Å². The molecular weight excluding hydrogens is 324 g/mol. The minimum Gasteiger partial charge on any atom is -0.356 e. The summed E-state index contributed by atoms with van der Waals surface area (Å²) in [4.78, 5) is 6.87. The first-order valence-corrected chi connectivity index (χ1v) is 11.2. The van der Waals surface area contributed by atoms with E-state index in [9.17, 15) is 8.42 Å². The fourth-order valence-corrected chi connectivity index (χ4v) is 4.67. The van der Waals surface area contributed by atoms with Crippen LogP contribution in [0.15, 0.2) is 4.99 Å². The molecule has 2 rings (SSSR count). The Morgan fingerprint density at radius 1 is 1.08 bits per heavy atom. The summed E-state index contributed by atoms with van der Waals surface area (Å²) in [6, 6.07) is 0. The van der Waals surface area contributed by atoms with Crippen LogP contribution in [0.2, 0.25) is 0 Å². The summed E-state index contributed by atoms with van der Waals surface area (Å²) in [6.45, 7) is 3.39. The largest absolute Gasteiger partial charge is 0.356 e. The van der Waals surface area contributed by atoms with E-state index in [1.807, 2.05) is 7.05 Å². The zero-order chi connectivity index (χ0) is 17.5. The lowest BCUT2D eigenvalue weighted by Gasteiger charge is -2.44. The molecule has 1 aliphatic heterocycles. The van der Waals surface area contributed by atoms with E-state index in [2.05, 4.69) is 19.9 Å². The number of sulfonamides is 1. The number of nitrogens with zero attached hydrogens (tertiary/aromatic N) is 2. The molecule has 2 N–H and O–H groups in total. The SMILES string of the molecule is CN=C(NCCCNS(C)(=O)=O)N1CCCC2(CCCCCC2)C1. The highest BCUT2D eigenvalue weighted by atomic mass is 32.2. The second-order valence-electron chi connectivity index (χ2n) is 7.43. The number of hydrogen-bond acceptors (Lipinski definition) is 3.